The van der Waals surface area contributed by atoms with Gasteiger partial charge in [-0.05, 0) is 56.4 Å². The maximum atomic E-state index is 13.1. The highest BCUT2D eigenvalue weighted by molar-refractivity contribution is 5.76. The Bertz CT molecular complexity index is 921. The Hall–Kier alpha value is -1.79. The van der Waals surface area contributed by atoms with Crippen LogP contribution in [0.2, 0.25) is 0 Å². The number of fused-ring (bicyclic) bond motifs is 2. The molecule has 0 unspecified atom stereocenters. The highest BCUT2D eigenvalue weighted by Gasteiger charge is 2.78. The van der Waals surface area contributed by atoms with Crippen molar-refractivity contribution in [2.24, 2.45) is 23.2 Å². The molecule has 1 aromatic rings. The molecular formula is C27H38N2O4. The van der Waals surface area contributed by atoms with Crippen molar-refractivity contribution in [1.82, 2.24) is 4.90 Å². The first-order chi connectivity index (χ1) is 15.9. The molecule has 3 saturated heterocycles. The predicted octanol–water partition coefficient (Wildman–Crippen LogP) is 3.73. The first-order valence-corrected chi connectivity index (χ1v) is 12.9. The zero-order valence-corrected chi connectivity index (χ0v) is 20.5. The molecule has 0 amide bonds. The third kappa shape index (κ3) is 3.16. The van der Waals surface area contributed by atoms with Gasteiger partial charge >= 0.3 is 5.97 Å². The van der Waals surface area contributed by atoms with E-state index < -0.39 is 0 Å². The average molecular weight is 455 g/mol. The third-order valence-electron chi connectivity index (χ3n) is 9.76. The van der Waals surface area contributed by atoms with Crippen molar-refractivity contribution in [3.05, 3.63) is 24.3 Å². The summed E-state index contributed by atoms with van der Waals surface area (Å²) < 4.78 is 18.0. The number of methoxy groups -OCH3 is 1. The number of hydrogen-bond acceptors (Lipinski definition) is 6. The number of benzene rings is 1. The minimum atomic E-state index is -0.0576. The van der Waals surface area contributed by atoms with E-state index in [0.717, 1.165) is 38.3 Å². The number of carbonyl (C=O) groups is 1. The van der Waals surface area contributed by atoms with Crippen molar-refractivity contribution in [2.75, 3.05) is 38.2 Å². The summed E-state index contributed by atoms with van der Waals surface area (Å²) >= 11 is 0. The summed E-state index contributed by atoms with van der Waals surface area (Å²) in [5, 5.41) is 0. The van der Waals surface area contributed by atoms with Crippen LogP contribution in [0.15, 0.2) is 24.3 Å². The Kier molecular flexibility index (Phi) is 5.01. The summed E-state index contributed by atoms with van der Waals surface area (Å²) in [6, 6.07) is 8.71. The molecule has 5 fully saturated rings. The lowest BCUT2D eigenvalue weighted by molar-refractivity contribution is -0.146. The first-order valence-electron chi connectivity index (χ1n) is 12.9. The molecule has 0 aromatic heterocycles. The maximum absolute atomic E-state index is 13.1. The monoisotopic (exact) mass is 454 g/mol. The van der Waals surface area contributed by atoms with Gasteiger partial charge in [-0.3, -0.25) is 9.69 Å². The van der Waals surface area contributed by atoms with Gasteiger partial charge < -0.3 is 19.1 Å². The minimum Gasteiger partial charge on any atom is -0.497 e. The fraction of sp³-hybridized carbons (Fsp3) is 0.741. The van der Waals surface area contributed by atoms with Crippen molar-refractivity contribution < 1.29 is 19.0 Å². The Balaban J connectivity index is 1.14. The molecule has 0 bridgehead atoms. The van der Waals surface area contributed by atoms with Gasteiger partial charge in [0, 0.05) is 49.2 Å². The molecule has 6 nitrogen and oxygen atoms in total. The van der Waals surface area contributed by atoms with E-state index in [1.807, 2.05) is 12.1 Å². The number of epoxide rings is 1. The highest BCUT2D eigenvalue weighted by Crippen LogP contribution is 2.70. The standard InChI is InChI=1S/C27H38N2O4/c1-17-6-5-11-26(3)14-22-23(24-27(17,26)33-24)21(25(30)32-22)16-28-12-13-29(18(2)15-28)19-7-9-20(31-4)10-8-19/h7-10,17-18,21-24H,5-6,11-16H2,1-4H3/t17-,18+,21-,22+,23+,24-,26+,27+/m0/s1. The Labute approximate surface area is 197 Å². The van der Waals surface area contributed by atoms with Gasteiger partial charge in [0.15, 0.2) is 0 Å². The van der Waals surface area contributed by atoms with Crippen molar-refractivity contribution in [3.63, 3.8) is 0 Å². The van der Waals surface area contributed by atoms with Gasteiger partial charge in [0.25, 0.3) is 0 Å². The first kappa shape index (κ1) is 21.7. The van der Waals surface area contributed by atoms with Crippen LogP contribution in [0.1, 0.15) is 46.5 Å². The van der Waals surface area contributed by atoms with Crippen LogP contribution >= 0.6 is 0 Å². The molecule has 3 heterocycles. The smallest absolute Gasteiger partial charge is 0.311 e. The van der Waals surface area contributed by atoms with Crippen molar-refractivity contribution in [2.45, 2.75) is 70.3 Å². The van der Waals surface area contributed by atoms with Crippen molar-refractivity contribution in [3.8, 4) is 5.75 Å². The molecule has 0 N–H and O–H groups in total. The van der Waals surface area contributed by atoms with Gasteiger partial charge in [-0.1, -0.05) is 20.3 Å². The second kappa shape index (κ2) is 7.61. The number of anilines is 1. The summed E-state index contributed by atoms with van der Waals surface area (Å²) in [6.45, 7) is 10.7. The normalized spacial score (nSPS) is 44.5. The highest BCUT2D eigenvalue weighted by atomic mass is 16.6. The van der Waals surface area contributed by atoms with E-state index in [0.29, 0.717) is 12.0 Å². The summed E-state index contributed by atoms with van der Waals surface area (Å²) in [5.41, 5.74) is 1.37. The van der Waals surface area contributed by atoms with Gasteiger partial charge in [-0.25, -0.2) is 0 Å². The Morgan fingerprint density at radius 3 is 2.70 bits per heavy atom. The largest absolute Gasteiger partial charge is 0.497 e. The van der Waals surface area contributed by atoms with E-state index in [9.17, 15) is 4.79 Å². The predicted molar refractivity (Wildman–Crippen MR) is 126 cm³/mol. The number of carbonyl (C=O) groups excluding carboxylic acids is 1. The van der Waals surface area contributed by atoms with Crippen LogP contribution in [-0.2, 0) is 14.3 Å². The molecule has 0 radical (unpaired) electrons. The van der Waals surface area contributed by atoms with Gasteiger partial charge in [-0.2, -0.15) is 0 Å². The van der Waals surface area contributed by atoms with Crippen molar-refractivity contribution >= 4 is 11.7 Å². The Morgan fingerprint density at radius 2 is 1.97 bits per heavy atom. The molecule has 3 aliphatic heterocycles. The maximum Gasteiger partial charge on any atom is 0.311 e. The van der Waals surface area contributed by atoms with Crippen LogP contribution in [-0.4, -0.2) is 68.0 Å². The van der Waals surface area contributed by atoms with Crippen LogP contribution < -0.4 is 9.64 Å². The van der Waals surface area contributed by atoms with Crippen molar-refractivity contribution in [1.29, 1.82) is 0 Å². The van der Waals surface area contributed by atoms with E-state index in [-0.39, 0.29) is 41.0 Å². The fourth-order valence-electron chi connectivity index (χ4n) is 8.08. The molecule has 8 atom stereocenters. The van der Waals surface area contributed by atoms with Crippen LogP contribution in [0.3, 0.4) is 0 Å². The van der Waals surface area contributed by atoms with Crippen LogP contribution in [0.25, 0.3) is 0 Å². The summed E-state index contributed by atoms with van der Waals surface area (Å²) in [5.74, 6) is 1.64. The zero-order chi connectivity index (χ0) is 23.0. The van der Waals surface area contributed by atoms with E-state index in [4.69, 9.17) is 14.2 Å². The number of nitrogens with zero attached hydrogens (tertiary/aromatic N) is 2. The number of hydrogen-bond donors (Lipinski definition) is 0. The molecule has 1 spiro atoms. The van der Waals surface area contributed by atoms with Crippen LogP contribution in [0.4, 0.5) is 5.69 Å². The Morgan fingerprint density at radius 1 is 1.18 bits per heavy atom. The minimum absolute atomic E-state index is 0.00999. The lowest BCUT2D eigenvalue weighted by atomic mass is 9.53. The quantitative estimate of drug-likeness (QED) is 0.510. The van der Waals surface area contributed by atoms with E-state index in [1.165, 1.54) is 24.9 Å². The van der Waals surface area contributed by atoms with Gasteiger partial charge in [0.1, 0.15) is 17.5 Å². The molecule has 6 heteroatoms. The zero-order valence-electron chi connectivity index (χ0n) is 20.5. The topological polar surface area (TPSA) is 54.5 Å². The molecule has 5 aliphatic rings. The van der Waals surface area contributed by atoms with Gasteiger partial charge in [0.2, 0.25) is 0 Å². The summed E-state index contributed by atoms with van der Waals surface area (Å²) in [6.07, 6.45) is 4.92. The van der Waals surface area contributed by atoms with Crippen LogP contribution in [0, 0.1) is 23.2 Å². The SMILES string of the molecule is COc1ccc(N2CCN(C[C@@H]3C(=O)O[C@@H]4C[C@@]5(C)CCC[C@H](C)[C@]56O[C@H]6[C@H]34)C[C@H]2C)cc1. The van der Waals surface area contributed by atoms with E-state index in [1.54, 1.807) is 7.11 Å². The third-order valence-corrected chi connectivity index (χ3v) is 9.76. The molecule has 2 saturated carbocycles. The van der Waals surface area contributed by atoms with Gasteiger partial charge in [-0.15, -0.1) is 0 Å². The number of piperazine rings is 1. The lowest BCUT2D eigenvalue weighted by Crippen LogP contribution is -2.56. The second-order valence-electron chi connectivity index (χ2n) is 11.5. The summed E-state index contributed by atoms with van der Waals surface area (Å²) in [4.78, 5) is 18.0. The molecule has 6 rings (SSSR count). The number of rotatable bonds is 4. The molecular weight excluding hydrogens is 416 g/mol. The van der Waals surface area contributed by atoms with Gasteiger partial charge in [0.05, 0.1) is 19.1 Å². The average Bonchev–Trinajstić information content (AvgIpc) is 3.48. The summed E-state index contributed by atoms with van der Waals surface area (Å²) in [7, 11) is 1.70. The molecule has 180 valence electrons. The van der Waals surface area contributed by atoms with E-state index >= 15 is 0 Å². The molecule has 33 heavy (non-hydrogen) atoms. The molecule has 2 aliphatic carbocycles. The fourth-order valence-corrected chi connectivity index (χ4v) is 8.08. The second-order valence-corrected chi connectivity index (χ2v) is 11.5. The number of esters is 1. The van der Waals surface area contributed by atoms with E-state index in [2.05, 4.69) is 42.7 Å². The van der Waals surface area contributed by atoms with Crippen LogP contribution in [0.5, 0.6) is 5.75 Å². The molecule has 1 aromatic carbocycles. The number of ether oxygens (including phenoxy) is 3. The lowest BCUT2D eigenvalue weighted by Gasteiger charge is -2.49.